The lowest BCUT2D eigenvalue weighted by Gasteiger charge is -2.08. The van der Waals surface area contributed by atoms with Gasteiger partial charge < -0.3 is 10.3 Å². The van der Waals surface area contributed by atoms with Crippen LogP contribution in [0.4, 0.5) is 0 Å². The number of aryl methyl sites for hydroxylation is 1. The summed E-state index contributed by atoms with van der Waals surface area (Å²) in [4.78, 5) is 11.5. The fraction of sp³-hybridized carbons (Fsp3) is 0.500. The van der Waals surface area contributed by atoms with E-state index >= 15 is 0 Å². The molecule has 1 aromatic rings. The number of aromatic nitrogens is 1. The molecule has 1 aliphatic heterocycles. The summed E-state index contributed by atoms with van der Waals surface area (Å²) >= 11 is 0. The zero-order chi connectivity index (χ0) is 12.8. The van der Waals surface area contributed by atoms with E-state index in [-0.39, 0.29) is 16.6 Å². The molecule has 7 heteroatoms. The van der Waals surface area contributed by atoms with Gasteiger partial charge in [0.15, 0.2) is 0 Å². The summed E-state index contributed by atoms with van der Waals surface area (Å²) in [5.74, 6) is -0.599. The number of nitrogens with two attached hydrogens (primary N) is 1. The Kier molecular flexibility index (Phi) is 2.75. The zero-order valence-electron chi connectivity index (χ0n) is 9.73. The minimum Gasteiger partial charge on any atom is -0.364 e. The summed E-state index contributed by atoms with van der Waals surface area (Å²) < 4.78 is 28.1. The number of nitrogens with one attached hydrogen (secondary N) is 1. The summed E-state index contributed by atoms with van der Waals surface area (Å²) in [6, 6.07) is -0.140. The maximum atomic E-state index is 12.0. The predicted octanol–water partition coefficient (Wildman–Crippen LogP) is -0.263. The van der Waals surface area contributed by atoms with E-state index in [0.717, 1.165) is 0 Å². The molecule has 0 radical (unpaired) electrons. The highest BCUT2D eigenvalue weighted by Crippen LogP contribution is 2.26. The maximum absolute atomic E-state index is 12.0. The van der Waals surface area contributed by atoms with Crippen molar-refractivity contribution in [2.24, 2.45) is 12.8 Å². The number of hydrogen-bond acceptors (Lipinski definition) is 3. The molecule has 0 bridgehead atoms. The van der Waals surface area contributed by atoms with Crippen LogP contribution in [0.3, 0.4) is 0 Å². The van der Waals surface area contributed by atoms with E-state index in [2.05, 4.69) is 4.72 Å². The fourth-order valence-corrected chi connectivity index (χ4v) is 3.79. The van der Waals surface area contributed by atoms with E-state index in [1.54, 1.807) is 14.0 Å². The van der Waals surface area contributed by atoms with Gasteiger partial charge in [-0.15, -0.1) is 0 Å². The number of rotatable bonds is 1. The van der Waals surface area contributed by atoms with Gasteiger partial charge in [-0.2, -0.15) is 0 Å². The number of fused-ring (bicyclic) bond motifs is 1. The molecule has 2 rings (SSSR count). The molecule has 17 heavy (non-hydrogen) atoms. The highest BCUT2D eigenvalue weighted by atomic mass is 32.2. The molecule has 1 amide bonds. The standard InChI is InChI=1S/C10H15N3O3S/c1-6-3-4-7-8(17(15,16)12-6)5-13(2)9(7)10(11)14/h5-6,12H,3-4H2,1-2H3,(H2,11,14). The van der Waals surface area contributed by atoms with Crippen LogP contribution in [0.1, 0.15) is 29.4 Å². The van der Waals surface area contributed by atoms with Gasteiger partial charge in [0, 0.05) is 24.8 Å². The monoisotopic (exact) mass is 257 g/mol. The molecule has 1 aliphatic rings. The first-order valence-corrected chi connectivity index (χ1v) is 6.81. The Bertz CT molecular complexity index is 574. The third-order valence-corrected chi connectivity index (χ3v) is 4.60. The molecule has 0 aliphatic carbocycles. The Labute approximate surface area is 99.8 Å². The van der Waals surface area contributed by atoms with Crippen LogP contribution < -0.4 is 10.5 Å². The molecule has 0 aromatic carbocycles. The first kappa shape index (κ1) is 12.1. The number of carbonyl (C=O) groups is 1. The van der Waals surface area contributed by atoms with Crippen molar-refractivity contribution in [2.45, 2.75) is 30.7 Å². The molecule has 94 valence electrons. The van der Waals surface area contributed by atoms with Gasteiger partial charge in [0.05, 0.1) is 0 Å². The second kappa shape index (κ2) is 3.85. The number of amides is 1. The molecule has 1 unspecified atom stereocenters. The van der Waals surface area contributed by atoms with Crippen molar-refractivity contribution in [3.05, 3.63) is 17.5 Å². The minimum atomic E-state index is -3.54. The SMILES string of the molecule is CC1CCc2c(cn(C)c2C(N)=O)S(=O)(=O)N1. The van der Waals surface area contributed by atoms with E-state index < -0.39 is 15.9 Å². The van der Waals surface area contributed by atoms with Gasteiger partial charge in [-0.25, -0.2) is 13.1 Å². The van der Waals surface area contributed by atoms with Gasteiger partial charge >= 0.3 is 0 Å². The molecule has 6 nitrogen and oxygen atoms in total. The molecule has 0 saturated carbocycles. The van der Waals surface area contributed by atoms with Gasteiger partial charge in [-0.3, -0.25) is 4.79 Å². The van der Waals surface area contributed by atoms with Crippen molar-refractivity contribution in [1.82, 2.24) is 9.29 Å². The maximum Gasteiger partial charge on any atom is 0.265 e. The Morgan fingerprint density at radius 2 is 2.24 bits per heavy atom. The third kappa shape index (κ3) is 1.96. The number of primary amides is 1. The average Bonchev–Trinajstić information content (AvgIpc) is 2.47. The van der Waals surface area contributed by atoms with Gasteiger partial charge in [0.1, 0.15) is 10.6 Å². The van der Waals surface area contributed by atoms with Gasteiger partial charge in [-0.1, -0.05) is 0 Å². The van der Waals surface area contributed by atoms with Crippen LogP contribution in [-0.2, 0) is 23.5 Å². The topological polar surface area (TPSA) is 94.2 Å². The highest BCUT2D eigenvalue weighted by Gasteiger charge is 2.30. The van der Waals surface area contributed by atoms with Gasteiger partial charge in [0.2, 0.25) is 10.0 Å². The predicted molar refractivity (Wildman–Crippen MR) is 62.0 cm³/mol. The molecular formula is C10H15N3O3S. The molecular weight excluding hydrogens is 242 g/mol. The van der Waals surface area contributed by atoms with E-state index in [1.165, 1.54) is 10.8 Å². The normalized spacial score (nSPS) is 22.8. The molecule has 1 aromatic heterocycles. The Morgan fingerprint density at radius 1 is 1.59 bits per heavy atom. The van der Waals surface area contributed by atoms with Crippen LogP contribution in [-0.4, -0.2) is 24.9 Å². The fourth-order valence-electron chi connectivity index (χ4n) is 2.19. The number of carbonyl (C=O) groups excluding carboxylic acids is 1. The Balaban J connectivity index is 2.68. The zero-order valence-corrected chi connectivity index (χ0v) is 10.5. The molecule has 0 spiro atoms. The lowest BCUT2D eigenvalue weighted by molar-refractivity contribution is 0.0991. The second-order valence-electron chi connectivity index (χ2n) is 4.36. The summed E-state index contributed by atoms with van der Waals surface area (Å²) in [5, 5.41) is 0. The van der Waals surface area contributed by atoms with Crippen LogP contribution in [0.25, 0.3) is 0 Å². The molecule has 1 atom stereocenters. The van der Waals surface area contributed by atoms with E-state index in [1.807, 2.05) is 0 Å². The lowest BCUT2D eigenvalue weighted by Crippen LogP contribution is -2.30. The first-order valence-electron chi connectivity index (χ1n) is 5.33. The summed E-state index contributed by atoms with van der Waals surface area (Å²) in [7, 11) is -1.92. The summed E-state index contributed by atoms with van der Waals surface area (Å²) in [5.41, 5.74) is 6.08. The number of hydrogen-bond donors (Lipinski definition) is 2. The van der Waals surface area contributed by atoms with Crippen molar-refractivity contribution >= 4 is 15.9 Å². The Hall–Kier alpha value is -1.34. The van der Waals surface area contributed by atoms with Crippen LogP contribution in [0.15, 0.2) is 11.1 Å². The van der Waals surface area contributed by atoms with Crippen molar-refractivity contribution in [3.8, 4) is 0 Å². The quantitative estimate of drug-likeness (QED) is 0.725. The third-order valence-electron chi connectivity index (χ3n) is 2.95. The van der Waals surface area contributed by atoms with E-state index in [9.17, 15) is 13.2 Å². The van der Waals surface area contributed by atoms with Gasteiger partial charge in [-0.05, 0) is 19.8 Å². The number of sulfonamides is 1. The van der Waals surface area contributed by atoms with Gasteiger partial charge in [0.25, 0.3) is 5.91 Å². The van der Waals surface area contributed by atoms with E-state index in [0.29, 0.717) is 18.4 Å². The van der Waals surface area contributed by atoms with E-state index in [4.69, 9.17) is 5.73 Å². The van der Waals surface area contributed by atoms with Crippen molar-refractivity contribution in [2.75, 3.05) is 0 Å². The molecule has 0 saturated heterocycles. The highest BCUT2D eigenvalue weighted by molar-refractivity contribution is 7.89. The Morgan fingerprint density at radius 3 is 2.82 bits per heavy atom. The summed E-state index contributed by atoms with van der Waals surface area (Å²) in [6.45, 7) is 1.80. The largest absolute Gasteiger partial charge is 0.364 e. The van der Waals surface area contributed by atoms with Crippen LogP contribution >= 0.6 is 0 Å². The molecule has 3 N–H and O–H groups in total. The first-order chi connectivity index (χ1) is 7.83. The van der Waals surface area contributed by atoms with Crippen LogP contribution in [0.2, 0.25) is 0 Å². The number of nitrogens with zero attached hydrogens (tertiary/aromatic N) is 1. The average molecular weight is 257 g/mol. The van der Waals surface area contributed by atoms with Crippen LogP contribution in [0.5, 0.6) is 0 Å². The van der Waals surface area contributed by atoms with Crippen molar-refractivity contribution in [3.63, 3.8) is 0 Å². The minimum absolute atomic E-state index is 0.140. The summed E-state index contributed by atoms with van der Waals surface area (Å²) in [6.07, 6.45) is 2.62. The molecule has 2 heterocycles. The van der Waals surface area contributed by atoms with Crippen molar-refractivity contribution in [1.29, 1.82) is 0 Å². The van der Waals surface area contributed by atoms with Crippen LogP contribution in [0, 0.1) is 0 Å². The smallest absolute Gasteiger partial charge is 0.265 e. The second-order valence-corrected chi connectivity index (χ2v) is 6.04. The van der Waals surface area contributed by atoms with Crippen molar-refractivity contribution < 1.29 is 13.2 Å². The lowest BCUT2D eigenvalue weighted by atomic mass is 10.1. The molecule has 0 fully saturated rings.